The Bertz CT molecular complexity index is 3830. The fourth-order valence-electron chi connectivity index (χ4n) is 12.2. The van der Waals surface area contributed by atoms with Crippen LogP contribution in [0.2, 0.25) is 5.02 Å². The molecule has 1 aliphatic carbocycles. The normalized spacial score (nSPS) is 18.6. The van der Waals surface area contributed by atoms with Crippen LogP contribution in [0.5, 0.6) is 11.5 Å². The van der Waals surface area contributed by atoms with E-state index in [0.717, 1.165) is 86.9 Å². The maximum absolute atomic E-state index is 14.2. The molecule has 4 N–H and O–H groups in total. The van der Waals surface area contributed by atoms with Crippen molar-refractivity contribution in [3.05, 3.63) is 146 Å². The molecule has 25 heteroatoms. The lowest BCUT2D eigenvalue weighted by atomic mass is 9.72. The smallest absolute Gasteiger partial charge is 0.293 e. The highest BCUT2D eigenvalue weighted by molar-refractivity contribution is 7.99. The molecule has 5 aliphatic rings. The Morgan fingerprint density at radius 1 is 0.865 bits per heavy atom. The number of amides is 5. The van der Waals surface area contributed by atoms with E-state index in [1.54, 1.807) is 42.6 Å². The number of sulfonamides is 1. The van der Waals surface area contributed by atoms with Crippen molar-refractivity contribution in [3.8, 4) is 11.5 Å². The SMILES string of the molecule is CC1(C)CCC(CN2CCN(c3ccc(C(=O)NS(=O)(=O)c4ccc(NCC5CCN(CCOCCOCCSc6cccc7c6C(=O)N(C6CCC(=O)NC6=O)C7=O)CC5)c([N+](=O)[O-])c4)c(Oc4cnc5[nH]ccc5c4)c3)CC2)=C(c2ccc(Cl)cc2)C1. The van der Waals surface area contributed by atoms with Gasteiger partial charge in [0.15, 0.2) is 0 Å². The van der Waals surface area contributed by atoms with Crippen molar-refractivity contribution in [3.63, 3.8) is 0 Å². The summed E-state index contributed by atoms with van der Waals surface area (Å²) >= 11 is 7.65. The maximum atomic E-state index is 14.2. The molecule has 6 heterocycles. The Labute approximate surface area is 525 Å². The fraction of sp³-hybridized carbons (Fsp3) is 0.406. The van der Waals surface area contributed by atoms with E-state index in [1.165, 1.54) is 52.9 Å². The summed E-state index contributed by atoms with van der Waals surface area (Å²) in [4.78, 5) is 92.2. The van der Waals surface area contributed by atoms with Gasteiger partial charge in [0, 0.05) is 97.3 Å². The molecule has 3 saturated heterocycles. The highest BCUT2D eigenvalue weighted by Crippen LogP contribution is 2.44. The molecule has 11 rings (SSSR count). The molecule has 1 atom stereocenters. The van der Waals surface area contributed by atoms with Crippen LogP contribution in [0.3, 0.4) is 0 Å². The second-order valence-electron chi connectivity index (χ2n) is 23.8. The summed E-state index contributed by atoms with van der Waals surface area (Å²) in [6, 6.07) is 24.3. The van der Waals surface area contributed by atoms with E-state index in [-0.39, 0.29) is 52.3 Å². The number of halogens is 1. The topological polar surface area (TPSA) is 268 Å². The first-order chi connectivity index (χ1) is 42.9. The average molecular weight is 1270 g/mol. The summed E-state index contributed by atoms with van der Waals surface area (Å²) in [6.45, 7) is 12.8. The minimum absolute atomic E-state index is 0.0471. The van der Waals surface area contributed by atoms with Gasteiger partial charge >= 0.3 is 0 Å². The number of ether oxygens (including phenoxy) is 3. The number of carbonyl (C=O) groups is 5. The van der Waals surface area contributed by atoms with Crippen LogP contribution in [-0.4, -0.2) is 165 Å². The van der Waals surface area contributed by atoms with Crippen LogP contribution >= 0.6 is 23.4 Å². The molecular weight excluding hydrogens is 1200 g/mol. The molecule has 0 radical (unpaired) electrons. The number of likely N-dealkylation sites (tertiary alicyclic amines) is 1. The summed E-state index contributed by atoms with van der Waals surface area (Å²) in [5.41, 5.74) is 5.82. The molecule has 0 saturated carbocycles. The van der Waals surface area contributed by atoms with E-state index in [0.29, 0.717) is 79.7 Å². The standard InChI is InChI=1S/C64H71ClN10O12S2/c1-64(2)20-16-44(51(37-64)42-6-8-45(65)9-7-42)40-72-24-26-73(27-25-72)46-10-12-49(55(35-46)87-47-34-43-17-21-66-59(43)68-39-47)60(77)70-89(83,84)48-11-13-52(54(36-48)75(81)82)67-38-41-18-22-71(23-19-41)28-29-85-30-31-86-32-33-88-56-5-3-4-50-58(56)63(80)74(62(50)79)53-14-15-57(76)69-61(53)78/h3-13,17,21,34-36,39,41,53,67H,14-16,18-20,22-33,37-38,40H2,1-2H3,(H,66,68)(H,70,77)(H,69,76,78). The summed E-state index contributed by atoms with van der Waals surface area (Å²) in [6.07, 6.45) is 8.19. The van der Waals surface area contributed by atoms with Crippen molar-refractivity contribution in [1.82, 2.24) is 34.7 Å². The van der Waals surface area contributed by atoms with Gasteiger partial charge in [-0.15, -0.1) is 11.8 Å². The minimum Gasteiger partial charge on any atom is -0.455 e. The zero-order valence-corrected chi connectivity index (χ0v) is 52.0. The number of imide groups is 2. The summed E-state index contributed by atoms with van der Waals surface area (Å²) < 4.78 is 48.1. The summed E-state index contributed by atoms with van der Waals surface area (Å²) in [7, 11) is -4.64. The van der Waals surface area contributed by atoms with Gasteiger partial charge in [0.25, 0.3) is 33.4 Å². The second kappa shape index (κ2) is 27.6. The lowest BCUT2D eigenvalue weighted by Gasteiger charge is -2.39. The number of piperazine rings is 1. The third kappa shape index (κ3) is 15.0. The lowest BCUT2D eigenvalue weighted by molar-refractivity contribution is -0.384. The average Bonchev–Trinajstić information content (AvgIpc) is 1.65. The van der Waals surface area contributed by atoms with Gasteiger partial charge in [-0.3, -0.25) is 49.2 Å². The molecular formula is C64H71ClN10O12S2. The molecule has 4 aromatic carbocycles. The van der Waals surface area contributed by atoms with Gasteiger partial charge in [0.1, 0.15) is 28.9 Å². The molecule has 89 heavy (non-hydrogen) atoms. The Hall–Kier alpha value is -7.71. The number of nitro groups is 1. The number of aromatic amines is 1. The first kappa shape index (κ1) is 62.9. The van der Waals surface area contributed by atoms with Crippen molar-refractivity contribution in [1.29, 1.82) is 0 Å². The van der Waals surface area contributed by atoms with Gasteiger partial charge in [-0.1, -0.05) is 49.2 Å². The third-order valence-electron chi connectivity index (χ3n) is 17.2. The number of nitro benzene ring substituents is 1. The van der Waals surface area contributed by atoms with Gasteiger partial charge in [-0.05, 0) is 135 Å². The lowest BCUT2D eigenvalue weighted by Crippen LogP contribution is -2.54. The second-order valence-corrected chi connectivity index (χ2v) is 27.1. The number of hydrogen-bond donors (Lipinski definition) is 4. The molecule has 22 nitrogen and oxygen atoms in total. The van der Waals surface area contributed by atoms with Crippen LogP contribution in [0.25, 0.3) is 16.6 Å². The van der Waals surface area contributed by atoms with Crippen molar-refractivity contribution < 1.29 is 51.5 Å². The Morgan fingerprint density at radius 3 is 2.40 bits per heavy atom. The van der Waals surface area contributed by atoms with E-state index >= 15 is 0 Å². The molecule has 4 aliphatic heterocycles. The number of allylic oxidation sites excluding steroid dienone is 1. The molecule has 468 valence electrons. The zero-order valence-electron chi connectivity index (χ0n) is 49.6. The number of piperidine rings is 2. The van der Waals surface area contributed by atoms with Crippen molar-refractivity contribution in [2.75, 3.05) is 101 Å². The van der Waals surface area contributed by atoms with E-state index in [9.17, 15) is 42.5 Å². The maximum Gasteiger partial charge on any atom is 0.293 e. The van der Waals surface area contributed by atoms with E-state index in [2.05, 4.69) is 66.0 Å². The van der Waals surface area contributed by atoms with Crippen molar-refractivity contribution >= 4 is 96.6 Å². The van der Waals surface area contributed by atoms with Crippen LogP contribution < -0.4 is 25.0 Å². The number of hydrogen-bond acceptors (Lipinski definition) is 18. The van der Waals surface area contributed by atoms with Gasteiger partial charge in [-0.25, -0.2) is 18.1 Å². The zero-order chi connectivity index (χ0) is 62.4. The number of thioether (sulfide) groups is 1. The summed E-state index contributed by atoms with van der Waals surface area (Å²) in [5.74, 6) is -2.02. The Balaban J connectivity index is 0.637. The molecule has 0 spiro atoms. The predicted octanol–water partition coefficient (Wildman–Crippen LogP) is 9.17. The number of nitrogens with zero attached hydrogens (tertiary/aromatic N) is 6. The van der Waals surface area contributed by atoms with E-state index < -0.39 is 61.1 Å². The highest BCUT2D eigenvalue weighted by Gasteiger charge is 2.46. The predicted molar refractivity (Wildman–Crippen MR) is 338 cm³/mol. The molecule has 6 aromatic rings. The first-order valence-electron chi connectivity index (χ1n) is 30.0. The van der Waals surface area contributed by atoms with Gasteiger partial charge in [-0.2, -0.15) is 0 Å². The fourth-order valence-corrected chi connectivity index (χ4v) is 14.2. The number of carbonyl (C=O) groups excluding carboxylic acids is 5. The number of anilines is 2. The molecule has 0 bridgehead atoms. The summed E-state index contributed by atoms with van der Waals surface area (Å²) in [5, 5.41) is 19.3. The van der Waals surface area contributed by atoms with Gasteiger partial charge in [0.2, 0.25) is 11.8 Å². The Kier molecular flexibility index (Phi) is 19.5. The quantitative estimate of drug-likeness (QED) is 0.0145. The van der Waals surface area contributed by atoms with Gasteiger partial charge in [0.05, 0.1) is 59.1 Å². The molecule has 5 amide bonds. The van der Waals surface area contributed by atoms with Crippen molar-refractivity contribution in [2.24, 2.45) is 11.3 Å². The molecule has 1 unspecified atom stereocenters. The number of rotatable bonds is 24. The van der Waals surface area contributed by atoms with Crippen LogP contribution in [0, 0.1) is 21.4 Å². The van der Waals surface area contributed by atoms with Crippen LogP contribution in [-0.2, 0) is 29.1 Å². The Morgan fingerprint density at radius 2 is 1.64 bits per heavy atom. The number of aromatic nitrogens is 2. The molecule has 3 fully saturated rings. The minimum atomic E-state index is -4.64. The number of pyridine rings is 1. The van der Waals surface area contributed by atoms with E-state index in [1.807, 2.05) is 18.2 Å². The molecule has 2 aromatic heterocycles. The largest absolute Gasteiger partial charge is 0.455 e. The van der Waals surface area contributed by atoms with Crippen LogP contribution in [0.15, 0.2) is 119 Å². The number of benzene rings is 4. The first-order valence-corrected chi connectivity index (χ1v) is 32.8. The van der Waals surface area contributed by atoms with Crippen molar-refractivity contribution in [2.45, 2.75) is 74.6 Å². The highest BCUT2D eigenvalue weighted by atomic mass is 35.5. The monoisotopic (exact) mass is 1270 g/mol. The number of fused-ring (bicyclic) bond motifs is 2. The third-order valence-corrected chi connectivity index (χ3v) is 19.8. The van der Waals surface area contributed by atoms with Crippen LogP contribution in [0.4, 0.5) is 17.1 Å². The van der Waals surface area contributed by atoms with Gasteiger partial charge < -0.3 is 34.3 Å². The van der Waals surface area contributed by atoms with E-state index in [4.69, 9.17) is 25.8 Å². The van der Waals surface area contributed by atoms with Crippen LogP contribution in [0.1, 0.15) is 95.4 Å². The number of H-pyrrole nitrogens is 1. The number of nitrogens with one attached hydrogen (secondary N) is 4.